The number of sulfonamides is 1. The first-order valence-corrected chi connectivity index (χ1v) is 12.0. The second-order valence-corrected chi connectivity index (χ2v) is 9.53. The van der Waals surface area contributed by atoms with Crippen molar-refractivity contribution >= 4 is 56.5 Å². The fraction of sp³-hybridized carbons (Fsp3) is 0.130. The SMILES string of the molecule is CCOC(=O)c1ccc(NC(=O)CN(c2cccc(Cl)c2)S(=O)(=O)c2ccc(Cl)cc2)cc1. The zero-order valence-corrected chi connectivity index (χ0v) is 19.8. The van der Waals surface area contributed by atoms with Gasteiger partial charge in [0, 0.05) is 15.7 Å². The van der Waals surface area contributed by atoms with E-state index in [0.717, 1.165) is 4.31 Å². The quantitative estimate of drug-likeness (QED) is 0.433. The summed E-state index contributed by atoms with van der Waals surface area (Å²) < 4.78 is 32.6. The van der Waals surface area contributed by atoms with E-state index in [1.807, 2.05) is 0 Å². The molecule has 172 valence electrons. The summed E-state index contributed by atoms with van der Waals surface area (Å²) in [6.45, 7) is 1.44. The molecule has 0 aromatic heterocycles. The lowest BCUT2D eigenvalue weighted by Gasteiger charge is -2.24. The average Bonchev–Trinajstić information content (AvgIpc) is 2.78. The van der Waals surface area contributed by atoms with Crippen LogP contribution in [0.3, 0.4) is 0 Å². The third-order valence-corrected chi connectivity index (χ3v) is 6.74. The van der Waals surface area contributed by atoms with E-state index in [2.05, 4.69) is 5.32 Å². The molecule has 0 aliphatic carbocycles. The van der Waals surface area contributed by atoms with Crippen LogP contribution in [-0.4, -0.2) is 33.4 Å². The van der Waals surface area contributed by atoms with Crippen molar-refractivity contribution in [2.45, 2.75) is 11.8 Å². The van der Waals surface area contributed by atoms with E-state index in [4.69, 9.17) is 27.9 Å². The molecule has 10 heteroatoms. The van der Waals surface area contributed by atoms with Gasteiger partial charge in [0.05, 0.1) is 22.8 Å². The highest BCUT2D eigenvalue weighted by atomic mass is 35.5. The molecule has 0 fully saturated rings. The van der Waals surface area contributed by atoms with Crippen molar-refractivity contribution in [3.05, 3.63) is 88.4 Å². The van der Waals surface area contributed by atoms with Gasteiger partial charge in [0.1, 0.15) is 6.54 Å². The first-order valence-electron chi connectivity index (χ1n) is 9.81. The molecule has 3 aromatic rings. The Balaban J connectivity index is 1.85. The monoisotopic (exact) mass is 506 g/mol. The smallest absolute Gasteiger partial charge is 0.338 e. The standard InChI is InChI=1S/C23H20Cl2N2O5S/c1-2-32-23(29)16-6-10-19(11-7-16)26-22(28)15-27(20-5-3-4-18(25)14-20)33(30,31)21-12-8-17(24)9-13-21/h3-14H,2,15H2,1H3,(H,26,28). The summed E-state index contributed by atoms with van der Waals surface area (Å²) in [5, 5.41) is 3.34. The number of carbonyl (C=O) groups is 2. The Bertz CT molecular complexity index is 1250. The van der Waals surface area contributed by atoms with Crippen molar-refractivity contribution in [3.63, 3.8) is 0 Å². The second-order valence-electron chi connectivity index (χ2n) is 6.79. The first-order chi connectivity index (χ1) is 15.7. The maximum atomic E-state index is 13.3. The first kappa shape index (κ1) is 24.6. The van der Waals surface area contributed by atoms with Crippen LogP contribution in [0.2, 0.25) is 10.0 Å². The lowest BCUT2D eigenvalue weighted by Crippen LogP contribution is -2.38. The summed E-state index contributed by atoms with van der Waals surface area (Å²) in [5.41, 5.74) is 0.953. The normalized spacial score (nSPS) is 11.0. The number of hydrogen-bond acceptors (Lipinski definition) is 5. The number of halogens is 2. The Kier molecular flexibility index (Phi) is 7.97. The predicted molar refractivity (Wildman–Crippen MR) is 128 cm³/mol. The summed E-state index contributed by atoms with van der Waals surface area (Å²) in [6.07, 6.45) is 0. The van der Waals surface area contributed by atoms with E-state index in [-0.39, 0.29) is 17.2 Å². The second kappa shape index (κ2) is 10.7. The third kappa shape index (κ3) is 6.25. The molecule has 0 spiro atoms. The van der Waals surface area contributed by atoms with Crippen molar-refractivity contribution in [1.82, 2.24) is 0 Å². The fourth-order valence-corrected chi connectivity index (χ4v) is 4.64. The molecule has 33 heavy (non-hydrogen) atoms. The largest absolute Gasteiger partial charge is 0.462 e. The van der Waals surface area contributed by atoms with Crippen LogP contribution in [-0.2, 0) is 19.6 Å². The van der Waals surface area contributed by atoms with Gasteiger partial charge in [0.25, 0.3) is 10.0 Å². The van der Waals surface area contributed by atoms with Gasteiger partial charge in [0.2, 0.25) is 5.91 Å². The predicted octanol–water partition coefficient (Wildman–Crippen LogP) is 5.00. The molecule has 0 aliphatic rings. The van der Waals surface area contributed by atoms with E-state index in [9.17, 15) is 18.0 Å². The Morgan fingerprint density at radius 3 is 2.21 bits per heavy atom. The highest BCUT2D eigenvalue weighted by Crippen LogP contribution is 2.27. The van der Waals surface area contributed by atoms with E-state index in [1.54, 1.807) is 25.1 Å². The zero-order valence-electron chi connectivity index (χ0n) is 17.5. The number of nitrogens with one attached hydrogen (secondary N) is 1. The maximum absolute atomic E-state index is 13.3. The van der Waals surface area contributed by atoms with Crippen LogP contribution in [0.1, 0.15) is 17.3 Å². The molecule has 0 saturated heterocycles. The molecular formula is C23H20Cl2N2O5S. The van der Waals surface area contributed by atoms with Crippen LogP contribution >= 0.6 is 23.2 Å². The Morgan fingerprint density at radius 2 is 1.61 bits per heavy atom. The van der Waals surface area contributed by atoms with Gasteiger partial charge in [-0.15, -0.1) is 0 Å². The summed E-state index contributed by atoms with van der Waals surface area (Å²) >= 11 is 11.9. The van der Waals surface area contributed by atoms with Crippen molar-refractivity contribution in [2.24, 2.45) is 0 Å². The van der Waals surface area contributed by atoms with E-state index in [0.29, 0.717) is 21.3 Å². The van der Waals surface area contributed by atoms with Crippen LogP contribution in [0.15, 0.2) is 77.7 Å². The van der Waals surface area contributed by atoms with Crippen LogP contribution in [0.4, 0.5) is 11.4 Å². The number of anilines is 2. The summed E-state index contributed by atoms with van der Waals surface area (Å²) in [5.74, 6) is -1.06. The number of carbonyl (C=O) groups excluding carboxylic acids is 2. The van der Waals surface area contributed by atoms with Gasteiger partial charge in [-0.2, -0.15) is 0 Å². The van der Waals surface area contributed by atoms with Crippen molar-refractivity contribution in [1.29, 1.82) is 0 Å². The molecule has 3 rings (SSSR count). The van der Waals surface area contributed by atoms with Gasteiger partial charge >= 0.3 is 5.97 Å². The molecule has 1 amide bonds. The highest BCUT2D eigenvalue weighted by molar-refractivity contribution is 7.92. The van der Waals surface area contributed by atoms with Gasteiger partial charge in [-0.05, 0) is 73.7 Å². The molecular weight excluding hydrogens is 487 g/mol. The third-order valence-electron chi connectivity index (χ3n) is 4.46. The number of amides is 1. The highest BCUT2D eigenvalue weighted by Gasteiger charge is 2.27. The lowest BCUT2D eigenvalue weighted by atomic mass is 10.2. The van der Waals surface area contributed by atoms with Crippen molar-refractivity contribution in [2.75, 3.05) is 22.8 Å². The number of ether oxygens (including phenoxy) is 1. The Morgan fingerprint density at radius 1 is 0.939 bits per heavy atom. The number of nitrogens with zero attached hydrogens (tertiary/aromatic N) is 1. The molecule has 0 atom stereocenters. The molecule has 7 nitrogen and oxygen atoms in total. The van der Waals surface area contributed by atoms with Gasteiger partial charge in [-0.3, -0.25) is 9.10 Å². The summed E-state index contributed by atoms with van der Waals surface area (Å²) in [6, 6.07) is 17.9. The van der Waals surface area contributed by atoms with Crippen LogP contribution in [0.5, 0.6) is 0 Å². The van der Waals surface area contributed by atoms with Crippen molar-refractivity contribution in [3.8, 4) is 0 Å². The number of esters is 1. The number of benzene rings is 3. The topological polar surface area (TPSA) is 92.8 Å². The van der Waals surface area contributed by atoms with Crippen LogP contribution in [0, 0.1) is 0 Å². The van der Waals surface area contributed by atoms with Gasteiger partial charge in [-0.1, -0.05) is 29.3 Å². The molecule has 0 bridgehead atoms. The molecule has 0 unspecified atom stereocenters. The fourth-order valence-electron chi connectivity index (χ4n) is 2.92. The maximum Gasteiger partial charge on any atom is 0.338 e. The zero-order chi connectivity index (χ0) is 24.0. The Hall–Kier alpha value is -3.07. The van der Waals surface area contributed by atoms with E-state index in [1.165, 1.54) is 54.6 Å². The molecule has 0 saturated carbocycles. The van der Waals surface area contributed by atoms with Crippen LogP contribution in [0.25, 0.3) is 0 Å². The number of hydrogen-bond donors (Lipinski definition) is 1. The average molecular weight is 507 g/mol. The minimum absolute atomic E-state index is 0.0292. The summed E-state index contributed by atoms with van der Waals surface area (Å²) in [4.78, 5) is 24.5. The molecule has 0 aliphatic heterocycles. The minimum Gasteiger partial charge on any atom is -0.462 e. The van der Waals surface area contributed by atoms with Gasteiger partial charge < -0.3 is 10.1 Å². The summed E-state index contributed by atoms with van der Waals surface area (Å²) in [7, 11) is -4.11. The Labute approximate surface area is 201 Å². The molecule has 0 heterocycles. The van der Waals surface area contributed by atoms with Crippen molar-refractivity contribution < 1.29 is 22.7 Å². The van der Waals surface area contributed by atoms with E-state index >= 15 is 0 Å². The van der Waals surface area contributed by atoms with E-state index < -0.39 is 28.4 Å². The van der Waals surface area contributed by atoms with Crippen LogP contribution < -0.4 is 9.62 Å². The lowest BCUT2D eigenvalue weighted by molar-refractivity contribution is -0.114. The van der Waals surface area contributed by atoms with Gasteiger partial charge in [-0.25, -0.2) is 13.2 Å². The molecule has 0 radical (unpaired) electrons. The molecule has 1 N–H and O–H groups in total. The molecule has 3 aromatic carbocycles. The number of rotatable bonds is 8. The van der Waals surface area contributed by atoms with Gasteiger partial charge in [0.15, 0.2) is 0 Å². The minimum atomic E-state index is -4.11.